The molecule has 0 fully saturated rings. The summed E-state index contributed by atoms with van der Waals surface area (Å²) in [5.74, 6) is 0.800. The normalized spacial score (nSPS) is 11.0. The smallest absolute Gasteiger partial charge is 0.172 e. The average molecular weight is 317 g/mol. The molecule has 4 heteroatoms. The van der Waals surface area contributed by atoms with Crippen molar-refractivity contribution in [2.24, 2.45) is 0 Å². The van der Waals surface area contributed by atoms with Crippen molar-refractivity contribution >= 4 is 22.7 Å². The Kier molecular flexibility index (Phi) is 3.82. The van der Waals surface area contributed by atoms with Gasteiger partial charge in [-0.25, -0.2) is 4.98 Å². The zero-order valence-electron chi connectivity index (χ0n) is 12.5. The van der Waals surface area contributed by atoms with E-state index in [4.69, 9.17) is 4.98 Å². The molecule has 0 N–H and O–H groups in total. The second kappa shape index (κ2) is 6.26. The third-order valence-corrected chi connectivity index (χ3v) is 4.65. The molecular weight excluding hydrogens is 302 g/mol. The van der Waals surface area contributed by atoms with Crippen LogP contribution >= 0.6 is 11.8 Å². The van der Waals surface area contributed by atoms with Crippen molar-refractivity contribution in [2.75, 3.05) is 0 Å². The number of nitrogens with zero attached hydrogens (tertiary/aromatic N) is 3. The quantitative estimate of drug-likeness (QED) is 0.511. The van der Waals surface area contributed by atoms with Crippen molar-refractivity contribution in [3.05, 3.63) is 84.8 Å². The Bertz CT molecular complexity index is 931. The van der Waals surface area contributed by atoms with Gasteiger partial charge in [0, 0.05) is 29.2 Å². The molecule has 0 bridgehead atoms. The lowest BCUT2D eigenvalue weighted by molar-refractivity contribution is 0.894. The number of benzene rings is 2. The molecule has 0 aliphatic rings. The highest BCUT2D eigenvalue weighted by Gasteiger charge is 2.07. The Morgan fingerprint density at radius 1 is 0.870 bits per heavy atom. The number of pyridine rings is 1. The van der Waals surface area contributed by atoms with Crippen LogP contribution in [0.2, 0.25) is 0 Å². The summed E-state index contributed by atoms with van der Waals surface area (Å²) in [6.07, 6.45) is 3.83. The van der Waals surface area contributed by atoms with Gasteiger partial charge in [0.15, 0.2) is 5.16 Å². The largest absolute Gasteiger partial charge is 0.295 e. The summed E-state index contributed by atoms with van der Waals surface area (Å²) in [6.45, 7) is 0. The molecule has 0 unspecified atom stereocenters. The monoisotopic (exact) mass is 317 g/mol. The highest BCUT2D eigenvalue weighted by Crippen LogP contribution is 2.24. The van der Waals surface area contributed by atoms with E-state index >= 15 is 0 Å². The van der Waals surface area contributed by atoms with E-state index < -0.39 is 0 Å². The Morgan fingerprint density at radius 3 is 2.61 bits per heavy atom. The van der Waals surface area contributed by atoms with Crippen LogP contribution in [0, 0.1) is 0 Å². The lowest BCUT2D eigenvalue weighted by atomic mass is 10.2. The first-order valence-corrected chi connectivity index (χ1v) is 8.45. The van der Waals surface area contributed by atoms with Crippen molar-refractivity contribution in [2.45, 2.75) is 10.9 Å². The second-order valence-corrected chi connectivity index (χ2v) is 6.14. The van der Waals surface area contributed by atoms with Crippen LogP contribution in [0.15, 0.2) is 84.3 Å². The summed E-state index contributed by atoms with van der Waals surface area (Å²) in [7, 11) is 0. The van der Waals surface area contributed by atoms with Crippen molar-refractivity contribution < 1.29 is 0 Å². The zero-order valence-corrected chi connectivity index (χ0v) is 13.3. The molecule has 0 amide bonds. The van der Waals surface area contributed by atoms with E-state index in [2.05, 4.69) is 45.9 Å². The number of thioether (sulfide) groups is 1. The molecule has 0 aliphatic carbocycles. The molecule has 0 saturated carbocycles. The summed E-state index contributed by atoms with van der Waals surface area (Å²) in [5, 5.41) is 2.15. The van der Waals surface area contributed by atoms with Crippen LogP contribution in [-0.4, -0.2) is 14.5 Å². The molecule has 0 spiro atoms. The van der Waals surface area contributed by atoms with Gasteiger partial charge in [0.25, 0.3) is 0 Å². The number of aromatic nitrogens is 3. The van der Waals surface area contributed by atoms with Crippen LogP contribution in [0.5, 0.6) is 0 Å². The molecule has 23 heavy (non-hydrogen) atoms. The summed E-state index contributed by atoms with van der Waals surface area (Å²) in [6, 6.07) is 22.7. The van der Waals surface area contributed by atoms with Crippen LogP contribution < -0.4 is 0 Å². The fourth-order valence-electron chi connectivity index (χ4n) is 2.51. The average Bonchev–Trinajstić information content (AvgIpc) is 3.09. The van der Waals surface area contributed by atoms with Crippen LogP contribution in [0.3, 0.4) is 0 Å². The number of hydrogen-bond donors (Lipinski definition) is 0. The highest BCUT2D eigenvalue weighted by molar-refractivity contribution is 7.98. The van der Waals surface area contributed by atoms with Crippen LogP contribution in [0.1, 0.15) is 5.69 Å². The summed E-state index contributed by atoms with van der Waals surface area (Å²) in [4.78, 5) is 9.19. The van der Waals surface area contributed by atoms with Gasteiger partial charge in [-0.2, -0.15) is 0 Å². The van der Waals surface area contributed by atoms with Crippen LogP contribution in [0.25, 0.3) is 16.6 Å². The van der Waals surface area contributed by atoms with Gasteiger partial charge in [-0.15, -0.1) is 0 Å². The highest BCUT2D eigenvalue weighted by atomic mass is 32.2. The van der Waals surface area contributed by atoms with E-state index in [0.29, 0.717) is 0 Å². The van der Waals surface area contributed by atoms with Crippen molar-refractivity contribution in [1.82, 2.24) is 14.5 Å². The zero-order chi connectivity index (χ0) is 15.5. The van der Waals surface area contributed by atoms with Gasteiger partial charge < -0.3 is 0 Å². The van der Waals surface area contributed by atoms with Crippen molar-refractivity contribution in [3.8, 4) is 5.69 Å². The maximum absolute atomic E-state index is 4.72. The maximum atomic E-state index is 4.72. The number of rotatable bonds is 4. The van der Waals surface area contributed by atoms with Gasteiger partial charge in [0.2, 0.25) is 0 Å². The van der Waals surface area contributed by atoms with Gasteiger partial charge in [0.05, 0.1) is 11.2 Å². The van der Waals surface area contributed by atoms with E-state index in [1.807, 2.05) is 42.7 Å². The van der Waals surface area contributed by atoms with E-state index in [1.165, 1.54) is 5.39 Å². The van der Waals surface area contributed by atoms with Gasteiger partial charge in [-0.1, -0.05) is 54.2 Å². The summed E-state index contributed by atoms with van der Waals surface area (Å²) in [5.41, 5.74) is 3.23. The van der Waals surface area contributed by atoms with Crippen LogP contribution in [0.4, 0.5) is 0 Å². The molecular formula is C19H15N3S. The number of fused-ring (bicyclic) bond motifs is 1. The minimum absolute atomic E-state index is 0.800. The predicted octanol–water partition coefficient (Wildman–Crippen LogP) is 4.71. The van der Waals surface area contributed by atoms with E-state index in [-0.39, 0.29) is 0 Å². The minimum atomic E-state index is 0.800. The molecule has 2 aromatic carbocycles. The van der Waals surface area contributed by atoms with Gasteiger partial charge >= 0.3 is 0 Å². The molecule has 0 radical (unpaired) electrons. The molecule has 2 aromatic heterocycles. The molecule has 4 aromatic rings. The van der Waals surface area contributed by atoms with E-state index in [9.17, 15) is 0 Å². The van der Waals surface area contributed by atoms with E-state index in [1.54, 1.807) is 11.8 Å². The van der Waals surface area contributed by atoms with E-state index in [0.717, 1.165) is 27.8 Å². The van der Waals surface area contributed by atoms with Gasteiger partial charge in [-0.3, -0.25) is 9.55 Å². The molecule has 4 rings (SSSR count). The third-order valence-electron chi connectivity index (χ3n) is 3.65. The molecule has 3 nitrogen and oxygen atoms in total. The van der Waals surface area contributed by atoms with Crippen molar-refractivity contribution in [3.63, 3.8) is 0 Å². The first kappa shape index (κ1) is 14.0. The van der Waals surface area contributed by atoms with Gasteiger partial charge in [-0.05, 0) is 24.3 Å². The number of imidazole rings is 1. The first-order valence-electron chi connectivity index (χ1n) is 7.46. The molecule has 0 saturated heterocycles. The lowest BCUT2D eigenvalue weighted by Gasteiger charge is -2.07. The molecule has 0 atom stereocenters. The summed E-state index contributed by atoms with van der Waals surface area (Å²) >= 11 is 1.70. The first-order chi connectivity index (χ1) is 11.4. The van der Waals surface area contributed by atoms with Crippen molar-refractivity contribution in [1.29, 1.82) is 0 Å². The minimum Gasteiger partial charge on any atom is -0.295 e. The molecule has 0 aliphatic heterocycles. The fraction of sp³-hybridized carbons (Fsp3) is 0.0526. The fourth-order valence-corrected chi connectivity index (χ4v) is 3.39. The lowest BCUT2D eigenvalue weighted by Crippen LogP contribution is -1.95. The number of hydrogen-bond acceptors (Lipinski definition) is 3. The van der Waals surface area contributed by atoms with Gasteiger partial charge in [0.1, 0.15) is 0 Å². The Hall–Kier alpha value is -2.59. The maximum Gasteiger partial charge on any atom is 0.172 e. The molecule has 2 heterocycles. The van der Waals surface area contributed by atoms with Crippen LogP contribution in [-0.2, 0) is 5.75 Å². The Balaban J connectivity index is 1.56. The Morgan fingerprint density at radius 2 is 1.70 bits per heavy atom. The predicted molar refractivity (Wildman–Crippen MR) is 94.9 cm³/mol. The third kappa shape index (κ3) is 2.98. The summed E-state index contributed by atoms with van der Waals surface area (Å²) < 4.78 is 2.10. The standard InChI is InChI=1S/C19H15N3S/c1-2-7-17(8-3-1)22-13-12-20-19(22)23-14-16-11-10-15-6-4-5-9-18(15)21-16/h1-13H,14H2. The Labute approximate surface area is 139 Å². The molecule has 112 valence electrons. The second-order valence-electron chi connectivity index (χ2n) is 5.20. The topological polar surface area (TPSA) is 30.7 Å². The number of para-hydroxylation sites is 2. The SMILES string of the molecule is c1ccc(-n2ccnc2SCc2ccc3ccccc3n2)cc1.